The molecular formula is C13H17F2N. The highest BCUT2D eigenvalue weighted by Gasteiger charge is 2.35. The van der Waals surface area contributed by atoms with E-state index in [2.05, 4.69) is 0 Å². The van der Waals surface area contributed by atoms with Crippen LogP contribution in [0.25, 0.3) is 0 Å². The van der Waals surface area contributed by atoms with Crippen molar-refractivity contribution in [2.45, 2.75) is 25.7 Å². The molecule has 1 saturated carbocycles. The van der Waals surface area contributed by atoms with Crippen molar-refractivity contribution in [3.05, 3.63) is 35.4 Å². The van der Waals surface area contributed by atoms with Gasteiger partial charge in [0.05, 0.1) is 0 Å². The fourth-order valence-electron chi connectivity index (χ4n) is 2.43. The molecule has 0 bridgehead atoms. The van der Waals surface area contributed by atoms with Crippen molar-refractivity contribution in [1.82, 2.24) is 0 Å². The van der Waals surface area contributed by atoms with Gasteiger partial charge in [0.1, 0.15) is 11.6 Å². The van der Waals surface area contributed by atoms with Crippen LogP contribution in [-0.4, -0.2) is 6.54 Å². The van der Waals surface area contributed by atoms with E-state index in [0.29, 0.717) is 23.9 Å². The van der Waals surface area contributed by atoms with Gasteiger partial charge >= 0.3 is 0 Å². The maximum absolute atomic E-state index is 13.6. The third-order valence-corrected chi connectivity index (χ3v) is 3.59. The monoisotopic (exact) mass is 225 g/mol. The molecule has 0 heterocycles. The molecule has 0 aliphatic heterocycles. The van der Waals surface area contributed by atoms with Crippen molar-refractivity contribution in [3.8, 4) is 0 Å². The van der Waals surface area contributed by atoms with Crippen LogP contribution in [0.2, 0.25) is 0 Å². The average Bonchev–Trinajstić information content (AvgIpc) is 3.02. The van der Waals surface area contributed by atoms with Crippen molar-refractivity contribution in [3.63, 3.8) is 0 Å². The smallest absolute Gasteiger partial charge is 0.129 e. The molecule has 0 radical (unpaired) electrons. The van der Waals surface area contributed by atoms with Gasteiger partial charge in [-0.25, -0.2) is 8.78 Å². The van der Waals surface area contributed by atoms with E-state index in [1.807, 2.05) is 6.92 Å². The van der Waals surface area contributed by atoms with Crippen LogP contribution >= 0.6 is 0 Å². The molecule has 16 heavy (non-hydrogen) atoms. The molecule has 1 aliphatic carbocycles. The van der Waals surface area contributed by atoms with Crippen LogP contribution in [0.3, 0.4) is 0 Å². The van der Waals surface area contributed by atoms with Gasteiger partial charge in [0.15, 0.2) is 0 Å². The lowest BCUT2D eigenvalue weighted by Gasteiger charge is -2.23. The van der Waals surface area contributed by atoms with E-state index >= 15 is 0 Å². The van der Waals surface area contributed by atoms with Gasteiger partial charge < -0.3 is 5.73 Å². The molecule has 0 saturated heterocycles. The predicted octanol–water partition coefficient (Wildman–Crippen LogP) is 3.05. The van der Waals surface area contributed by atoms with Gasteiger partial charge in [-0.05, 0) is 48.8 Å². The lowest BCUT2D eigenvalue weighted by molar-refractivity contribution is 0.392. The van der Waals surface area contributed by atoms with E-state index in [4.69, 9.17) is 5.73 Å². The van der Waals surface area contributed by atoms with Gasteiger partial charge in [-0.3, -0.25) is 0 Å². The summed E-state index contributed by atoms with van der Waals surface area (Å²) >= 11 is 0. The number of hydrogen-bond donors (Lipinski definition) is 1. The van der Waals surface area contributed by atoms with Crippen LogP contribution in [0, 0.1) is 23.5 Å². The van der Waals surface area contributed by atoms with E-state index in [1.165, 1.54) is 18.9 Å². The van der Waals surface area contributed by atoms with Crippen molar-refractivity contribution in [1.29, 1.82) is 0 Å². The van der Waals surface area contributed by atoms with E-state index in [1.54, 1.807) is 6.07 Å². The largest absolute Gasteiger partial charge is 0.330 e. The number of halogens is 2. The highest BCUT2D eigenvalue weighted by molar-refractivity contribution is 5.23. The zero-order valence-electron chi connectivity index (χ0n) is 9.42. The third-order valence-electron chi connectivity index (χ3n) is 3.59. The summed E-state index contributed by atoms with van der Waals surface area (Å²) in [4.78, 5) is 0. The van der Waals surface area contributed by atoms with E-state index in [-0.39, 0.29) is 5.92 Å². The van der Waals surface area contributed by atoms with Crippen molar-refractivity contribution >= 4 is 0 Å². The van der Waals surface area contributed by atoms with Gasteiger partial charge in [0, 0.05) is 6.07 Å². The topological polar surface area (TPSA) is 26.0 Å². The molecule has 2 N–H and O–H groups in total. The molecule has 2 atom stereocenters. The standard InChI is InChI=1S/C13H17F2N/c1-8(12(7-16)9-2-3-9)11-5-4-10(14)6-13(11)15/h4-6,8-9,12H,2-3,7,16H2,1H3/t8?,12-/m1/s1. The van der Waals surface area contributed by atoms with Crippen molar-refractivity contribution in [2.24, 2.45) is 17.6 Å². The minimum Gasteiger partial charge on any atom is -0.330 e. The Bertz CT molecular complexity index is 374. The second-order valence-corrected chi connectivity index (χ2v) is 4.69. The molecule has 0 spiro atoms. The van der Waals surface area contributed by atoms with E-state index < -0.39 is 11.6 Å². The maximum Gasteiger partial charge on any atom is 0.129 e. The Hall–Kier alpha value is -0.960. The maximum atomic E-state index is 13.6. The molecule has 1 nitrogen and oxygen atoms in total. The third kappa shape index (κ3) is 2.24. The second kappa shape index (κ2) is 4.50. The first-order valence-electron chi connectivity index (χ1n) is 5.78. The molecule has 88 valence electrons. The number of rotatable bonds is 4. The van der Waals surface area contributed by atoms with Crippen LogP contribution in [0.15, 0.2) is 18.2 Å². The molecule has 0 amide bonds. The molecule has 1 unspecified atom stereocenters. The van der Waals surface area contributed by atoms with Crippen LogP contribution in [0.4, 0.5) is 8.78 Å². The van der Waals surface area contributed by atoms with Gasteiger partial charge in [-0.15, -0.1) is 0 Å². The Balaban J connectivity index is 2.21. The molecule has 2 rings (SSSR count). The SMILES string of the molecule is CC(c1ccc(F)cc1F)[C@@H](CN)C1CC1. The average molecular weight is 225 g/mol. The molecule has 0 aromatic heterocycles. The first-order chi connectivity index (χ1) is 7.63. The lowest BCUT2D eigenvalue weighted by atomic mass is 9.84. The fraction of sp³-hybridized carbons (Fsp3) is 0.538. The Morgan fingerprint density at radius 1 is 1.38 bits per heavy atom. The quantitative estimate of drug-likeness (QED) is 0.837. The van der Waals surface area contributed by atoms with Crippen molar-refractivity contribution < 1.29 is 8.78 Å². The molecule has 1 aromatic carbocycles. The first-order valence-corrected chi connectivity index (χ1v) is 5.78. The fourth-order valence-corrected chi connectivity index (χ4v) is 2.43. The molecule has 1 fully saturated rings. The first kappa shape index (κ1) is 11.5. The highest BCUT2D eigenvalue weighted by atomic mass is 19.1. The van der Waals surface area contributed by atoms with E-state index in [9.17, 15) is 8.78 Å². The summed E-state index contributed by atoms with van der Waals surface area (Å²) < 4.78 is 26.4. The minimum absolute atomic E-state index is 0.0677. The normalized spacial score (nSPS) is 19.5. The Kier molecular flexibility index (Phi) is 3.24. The Labute approximate surface area is 94.7 Å². The molecule has 1 aliphatic rings. The van der Waals surface area contributed by atoms with Crippen LogP contribution in [0.1, 0.15) is 31.2 Å². The summed E-state index contributed by atoms with van der Waals surface area (Å²) in [6, 6.07) is 3.81. The van der Waals surface area contributed by atoms with Crippen LogP contribution in [-0.2, 0) is 0 Å². The van der Waals surface area contributed by atoms with Gasteiger partial charge in [0.2, 0.25) is 0 Å². The van der Waals surface area contributed by atoms with Gasteiger partial charge in [-0.1, -0.05) is 13.0 Å². The lowest BCUT2D eigenvalue weighted by Crippen LogP contribution is -2.23. The van der Waals surface area contributed by atoms with Crippen LogP contribution < -0.4 is 5.73 Å². The number of nitrogens with two attached hydrogens (primary N) is 1. The zero-order chi connectivity index (χ0) is 11.7. The summed E-state index contributed by atoms with van der Waals surface area (Å²) in [7, 11) is 0. The summed E-state index contributed by atoms with van der Waals surface area (Å²) in [5.74, 6) is 0.0401. The van der Waals surface area contributed by atoms with Crippen molar-refractivity contribution in [2.75, 3.05) is 6.54 Å². The zero-order valence-corrected chi connectivity index (χ0v) is 9.42. The predicted molar refractivity (Wildman–Crippen MR) is 60.0 cm³/mol. The summed E-state index contributed by atoms with van der Waals surface area (Å²) in [6.45, 7) is 2.55. The number of benzene rings is 1. The Morgan fingerprint density at radius 3 is 2.56 bits per heavy atom. The molecule has 3 heteroatoms. The summed E-state index contributed by atoms with van der Waals surface area (Å²) in [5.41, 5.74) is 6.32. The highest BCUT2D eigenvalue weighted by Crippen LogP contribution is 2.43. The minimum atomic E-state index is -0.524. The summed E-state index contributed by atoms with van der Waals surface area (Å²) in [6.07, 6.45) is 2.38. The number of hydrogen-bond acceptors (Lipinski definition) is 1. The summed E-state index contributed by atoms with van der Waals surface area (Å²) in [5, 5.41) is 0. The van der Waals surface area contributed by atoms with Gasteiger partial charge in [-0.2, -0.15) is 0 Å². The Morgan fingerprint density at radius 2 is 2.06 bits per heavy atom. The molecule has 1 aromatic rings. The van der Waals surface area contributed by atoms with Crippen LogP contribution in [0.5, 0.6) is 0 Å². The molecular weight excluding hydrogens is 208 g/mol. The second-order valence-electron chi connectivity index (χ2n) is 4.69. The van der Waals surface area contributed by atoms with Gasteiger partial charge in [0.25, 0.3) is 0 Å². The van der Waals surface area contributed by atoms with E-state index in [0.717, 1.165) is 6.07 Å².